The van der Waals surface area contributed by atoms with Crippen LogP contribution in [0.1, 0.15) is 35.5 Å². The number of carboxylic acids is 1. The summed E-state index contributed by atoms with van der Waals surface area (Å²) in [5.74, 6) is -0.533. The number of hydrogen-bond acceptors (Lipinski definition) is 5. The van der Waals surface area contributed by atoms with Crippen LogP contribution < -0.4 is 5.32 Å². The van der Waals surface area contributed by atoms with Gasteiger partial charge in [-0.05, 0) is 25.8 Å². The fraction of sp³-hybridized carbons (Fsp3) is 0.636. The number of carbonyl (C=O) groups is 1. The third kappa shape index (κ3) is 3.54. The molecule has 2 N–H and O–H groups in total. The van der Waals surface area contributed by atoms with Crippen molar-refractivity contribution in [2.24, 2.45) is 0 Å². The topological polar surface area (TPSA) is 84.6 Å². The zero-order valence-corrected chi connectivity index (χ0v) is 9.52. The number of ether oxygens (including phenoxy) is 1. The molecule has 0 bridgehead atoms. The quantitative estimate of drug-likeness (QED) is 0.722. The predicted octanol–water partition coefficient (Wildman–Crippen LogP) is 1.03. The first-order chi connectivity index (χ1) is 8.25. The molecule has 2 heterocycles. The highest BCUT2D eigenvalue weighted by Crippen LogP contribution is 2.14. The Balaban J connectivity index is 1.65. The van der Waals surface area contributed by atoms with Crippen molar-refractivity contribution in [3.8, 4) is 0 Å². The molecule has 1 unspecified atom stereocenters. The fourth-order valence-electron chi connectivity index (χ4n) is 1.84. The van der Waals surface area contributed by atoms with Crippen LogP contribution in [0.25, 0.3) is 0 Å². The molecule has 6 nitrogen and oxygen atoms in total. The van der Waals surface area contributed by atoms with E-state index in [9.17, 15) is 4.79 Å². The Morgan fingerprint density at radius 1 is 1.65 bits per heavy atom. The molecule has 0 radical (unpaired) electrons. The Morgan fingerprint density at radius 3 is 3.18 bits per heavy atom. The summed E-state index contributed by atoms with van der Waals surface area (Å²) in [6.45, 7) is 2.19. The van der Waals surface area contributed by atoms with E-state index in [0.29, 0.717) is 18.4 Å². The normalized spacial score (nSPS) is 19.6. The molecule has 0 spiro atoms. The lowest BCUT2D eigenvalue weighted by Crippen LogP contribution is -2.19. The second-order valence-corrected chi connectivity index (χ2v) is 4.08. The van der Waals surface area contributed by atoms with E-state index in [1.807, 2.05) is 0 Å². The maximum absolute atomic E-state index is 10.6. The van der Waals surface area contributed by atoms with Crippen LogP contribution in [0.15, 0.2) is 10.6 Å². The van der Waals surface area contributed by atoms with Gasteiger partial charge in [0.2, 0.25) is 0 Å². The molecule has 1 fully saturated rings. The molecule has 1 saturated heterocycles. The summed E-state index contributed by atoms with van der Waals surface area (Å²) in [5, 5.41) is 15.3. The standard InChI is InChI=1S/C11H16N2O4/c14-11(15)10-6-9(17-13-10)7-12-4-3-8-2-1-5-16-8/h6,8,12H,1-5,7H2,(H,14,15). The lowest BCUT2D eigenvalue weighted by molar-refractivity contribution is 0.0685. The largest absolute Gasteiger partial charge is 0.476 e. The van der Waals surface area contributed by atoms with Gasteiger partial charge in [-0.15, -0.1) is 0 Å². The van der Waals surface area contributed by atoms with Gasteiger partial charge in [-0.25, -0.2) is 4.79 Å². The Hall–Kier alpha value is -1.40. The van der Waals surface area contributed by atoms with Crippen molar-refractivity contribution < 1.29 is 19.2 Å². The minimum atomic E-state index is -1.07. The molecular weight excluding hydrogens is 224 g/mol. The Bertz CT molecular complexity index is 371. The second kappa shape index (κ2) is 5.79. The van der Waals surface area contributed by atoms with Gasteiger partial charge in [0.25, 0.3) is 0 Å². The van der Waals surface area contributed by atoms with E-state index in [0.717, 1.165) is 32.4 Å². The van der Waals surface area contributed by atoms with E-state index >= 15 is 0 Å². The van der Waals surface area contributed by atoms with Gasteiger partial charge in [0.1, 0.15) is 0 Å². The maximum atomic E-state index is 10.6. The Kier molecular flexibility index (Phi) is 4.11. The number of nitrogens with one attached hydrogen (secondary N) is 1. The van der Waals surface area contributed by atoms with E-state index in [2.05, 4.69) is 10.5 Å². The van der Waals surface area contributed by atoms with Crippen molar-refractivity contribution in [1.82, 2.24) is 10.5 Å². The molecule has 94 valence electrons. The van der Waals surface area contributed by atoms with Crippen molar-refractivity contribution >= 4 is 5.97 Å². The Labute approximate surface area is 98.9 Å². The summed E-state index contributed by atoms with van der Waals surface area (Å²) in [5.41, 5.74) is -0.0547. The van der Waals surface area contributed by atoms with Crippen LogP contribution in [0.4, 0.5) is 0 Å². The highest BCUT2D eigenvalue weighted by atomic mass is 16.5. The number of aromatic carboxylic acids is 1. The van der Waals surface area contributed by atoms with Crippen LogP contribution >= 0.6 is 0 Å². The zero-order valence-electron chi connectivity index (χ0n) is 9.52. The van der Waals surface area contributed by atoms with Gasteiger partial charge in [-0.2, -0.15) is 0 Å². The van der Waals surface area contributed by atoms with E-state index in [1.54, 1.807) is 0 Å². The molecule has 0 aromatic carbocycles. The molecule has 1 aromatic heterocycles. The lowest BCUT2D eigenvalue weighted by Gasteiger charge is -2.08. The van der Waals surface area contributed by atoms with E-state index < -0.39 is 5.97 Å². The number of hydrogen-bond donors (Lipinski definition) is 2. The van der Waals surface area contributed by atoms with Crippen molar-refractivity contribution in [2.75, 3.05) is 13.2 Å². The average Bonchev–Trinajstić information content (AvgIpc) is 2.96. The first kappa shape index (κ1) is 12.1. The van der Waals surface area contributed by atoms with Gasteiger partial charge >= 0.3 is 5.97 Å². The zero-order chi connectivity index (χ0) is 12.1. The molecule has 0 amide bonds. The van der Waals surface area contributed by atoms with Crippen LogP contribution in [0.3, 0.4) is 0 Å². The summed E-state index contributed by atoms with van der Waals surface area (Å²) >= 11 is 0. The molecular formula is C11H16N2O4. The van der Waals surface area contributed by atoms with E-state index in [-0.39, 0.29) is 5.69 Å². The van der Waals surface area contributed by atoms with Crippen LogP contribution in [-0.2, 0) is 11.3 Å². The van der Waals surface area contributed by atoms with Crippen molar-refractivity contribution in [3.05, 3.63) is 17.5 Å². The summed E-state index contributed by atoms with van der Waals surface area (Å²) < 4.78 is 10.4. The molecule has 6 heteroatoms. The number of carboxylic acid groups (broad SMARTS) is 1. The molecule has 0 aliphatic carbocycles. The predicted molar refractivity (Wildman–Crippen MR) is 58.8 cm³/mol. The minimum absolute atomic E-state index is 0.0547. The summed E-state index contributed by atoms with van der Waals surface area (Å²) in [4.78, 5) is 10.6. The maximum Gasteiger partial charge on any atom is 0.358 e. The van der Waals surface area contributed by atoms with Crippen LogP contribution in [-0.4, -0.2) is 35.5 Å². The first-order valence-electron chi connectivity index (χ1n) is 5.77. The van der Waals surface area contributed by atoms with E-state index in [4.69, 9.17) is 14.4 Å². The van der Waals surface area contributed by atoms with E-state index in [1.165, 1.54) is 6.07 Å². The molecule has 17 heavy (non-hydrogen) atoms. The van der Waals surface area contributed by atoms with Gasteiger partial charge in [-0.3, -0.25) is 0 Å². The highest BCUT2D eigenvalue weighted by Gasteiger charge is 2.15. The molecule has 1 atom stereocenters. The molecule has 1 aliphatic rings. The number of rotatable bonds is 6. The minimum Gasteiger partial charge on any atom is -0.476 e. The van der Waals surface area contributed by atoms with Crippen molar-refractivity contribution in [1.29, 1.82) is 0 Å². The van der Waals surface area contributed by atoms with Crippen LogP contribution in [0.5, 0.6) is 0 Å². The number of aromatic nitrogens is 1. The summed E-state index contributed by atoms with van der Waals surface area (Å²) in [7, 11) is 0. The summed E-state index contributed by atoms with van der Waals surface area (Å²) in [6, 6.07) is 1.43. The molecule has 2 rings (SSSR count). The van der Waals surface area contributed by atoms with Crippen molar-refractivity contribution in [2.45, 2.75) is 31.9 Å². The van der Waals surface area contributed by atoms with Crippen molar-refractivity contribution in [3.63, 3.8) is 0 Å². The molecule has 1 aliphatic heterocycles. The van der Waals surface area contributed by atoms with Crippen LogP contribution in [0, 0.1) is 0 Å². The van der Waals surface area contributed by atoms with Gasteiger partial charge in [0.15, 0.2) is 11.5 Å². The lowest BCUT2D eigenvalue weighted by atomic mass is 10.2. The van der Waals surface area contributed by atoms with Gasteiger partial charge in [-0.1, -0.05) is 5.16 Å². The third-order valence-corrected chi connectivity index (χ3v) is 2.74. The van der Waals surface area contributed by atoms with Gasteiger partial charge in [0, 0.05) is 12.7 Å². The molecule has 1 aromatic rings. The van der Waals surface area contributed by atoms with Gasteiger partial charge in [0.05, 0.1) is 12.6 Å². The smallest absolute Gasteiger partial charge is 0.358 e. The summed E-state index contributed by atoms with van der Waals surface area (Å²) in [6.07, 6.45) is 3.62. The second-order valence-electron chi connectivity index (χ2n) is 4.08. The third-order valence-electron chi connectivity index (χ3n) is 2.74. The van der Waals surface area contributed by atoms with Crippen LogP contribution in [0.2, 0.25) is 0 Å². The number of nitrogens with zero attached hydrogens (tertiary/aromatic N) is 1. The SMILES string of the molecule is O=C(O)c1cc(CNCCC2CCCO2)on1. The Morgan fingerprint density at radius 2 is 2.53 bits per heavy atom. The first-order valence-corrected chi connectivity index (χ1v) is 5.77. The highest BCUT2D eigenvalue weighted by molar-refractivity contribution is 5.85. The monoisotopic (exact) mass is 240 g/mol. The average molecular weight is 240 g/mol. The van der Waals surface area contributed by atoms with Gasteiger partial charge < -0.3 is 19.7 Å². The fourth-order valence-corrected chi connectivity index (χ4v) is 1.84. The molecule has 0 saturated carbocycles.